The minimum atomic E-state index is -0.330. The number of para-hydroxylation sites is 1. The zero-order chi connectivity index (χ0) is 18.5. The molecule has 1 heterocycles. The van der Waals surface area contributed by atoms with E-state index < -0.39 is 0 Å². The van der Waals surface area contributed by atoms with Gasteiger partial charge in [0.15, 0.2) is 5.17 Å². The number of hydrogen-bond donors (Lipinski definition) is 1. The molecule has 3 rings (SSSR count). The van der Waals surface area contributed by atoms with Crippen LogP contribution in [0.25, 0.3) is 6.08 Å². The fourth-order valence-corrected chi connectivity index (χ4v) is 3.11. The number of nitrogens with zero attached hydrogens (tertiary/aromatic N) is 1. The molecule has 0 spiro atoms. The average Bonchev–Trinajstić information content (AvgIpc) is 2.93. The topological polar surface area (TPSA) is 73.9 Å². The first-order valence-electron chi connectivity index (χ1n) is 7.92. The summed E-state index contributed by atoms with van der Waals surface area (Å²) in [5.41, 5.74) is 7.32. The van der Waals surface area contributed by atoms with Crippen LogP contribution < -0.4 is 15.2 Å². The molecule has 26 heavy (non-hydrogen) atoms. The Labute approximate surface area is 160 Å². The van der Waals surface area contributed by atoms with Crippen LogP contribution in [0.15, 0.2) is 52.4 Å². The molecule has 0 atom stereocenters. The van der Waals surface area contributed by atoms with E-state index in [4.69, 9.17) is 26.8 Å². The van der Waals surface area contributed by atoms with E-state index in [1.54, 1.807) is 12.1 Å². The van der Waals surface area contributed by atoms with Gasteiger partial charge < -0.3 is 15.2 Å². The van der Waals surface area contributed by atoms with Crippen molar-refractivity contribution in [3.8, 4) is 11.5 Å². The molecule has 5 nitrogen and oxygen atoms in total. The van der Waals surface area contributed by atoms with Crippen molar-refractivity contribution in [1.82, 2.24) is 0 Å². The second-order valence-electron chi connectivity index (χ2n) is 5.51. The van der Waals surface area contributed by atoms with Crippen LogP contribution in [-0.4, -0.2) is 24.3 Å². The van der Waals surface area contributed by atoms with E-state index in [0.29, 0.717) is 28.9 Å². The molecule has 1 aliphatic rings. The fourth-order valence-electron chi connectivity index (χ4n) is 2.32. The molecule has 1 amide bonds. The number of ether oxygens (including phenoxy) is 2. The van der Waals surface area contributed by atoms with Gasteiger partial charge in [-0.3, -0.25) is 4.79 Å². The first-order chi connectivity index (χ1) is 12.5. The Bertz CT molecular complexity index is 896. The lowest BCUT2D eigenvalue weighted by Gasteiger charge is -2.11. The molecule has 0 saturated carbocycles. The van der Waals surface area contributed by atoms with Crippen molar-refractivity contribution in [2.45, 2.75) is 6.92 Å². The van der Waals surface area contributed by atoms with E-state index in [1.807, 2.05) is 43.3 Å². The molecule has 0 aromatic heterocycles. The molecular weight excluding hydrogens is 372 g/mol. The highest BCUT2D eigenvalue weighted by Crippen LogP contribution is 2.29. The standard InChI is InChI=1S/C19H17ClN2O3S/c1-12-10-14(6-7-15(12)20)24-8-9-25-16-5-3-2-4-13(16)11-17-18(23)22-19(21)26-17/h2-7,10-11H,8-9H2,1H3,(H2,21,22,23). The number of hydrogen-bond acceptors (Lipinski definition) is 5. The van der Waals surface area contributed by atoms with Gasteiger partial charge in [-0.1, -0.05) is 29.8 Å². The van der Waals surface area contributed by atoms with E-state index in [9.17, 15) is 4.79 Å². The molecule has 134 valence electrons. The summed E-state index contributed by atoms with van der Waals surface area (Å²) < 4.78 is 11.5. The number of aryl methyl sites for hydroxylation is 1. The molecule has 2 aromatic carbocycles. The monoisotopic (exact) mass is 388 g/mol. The Hall–Kier alpha value is -2.44. The Kier molecular flexibility index (Phi) is 5.85. The Morgan fingerprint density at radius 1 is 1.19 bits per heavy atom. The normalized spacial score (nSPS) is 15.2. The first kappa shape index (κ1) is 18.4. The van der Waals surface area contributed by atoms with Crippen molar-refractivity contribution < 1.29 is 14.3 Å². The van der Waals surface area contributed by atoms with Gasteiger partial charge in [-0.2, -0.15) is 4.99 Å². The number of benzene rings is 2. The van der Waals surface area contributed by atoms with Crippen molar-refractivity contribution in [2.24, 2.45) is 10.7 Å². The lowest BCUT2D eigenvalue weighted by atomic mass is 10.2. The quantitative estimate of drug-likeness (QED) is 0.597. The predicted molar refractivity (Wildman–Crippen MR) is 106 cm³/mol. The summed E-state index contributed by atoms with van der Waals surface area (Å²) in [7, 11) is 0. The summed E-state index contributed by atoms with van der Waals surface area (Å²) in [6.07, 6.45) is 1.73. The maximum atomic E-state index is 11.7. The van der Waals surface area contributed by atoms with Crippen molar-refractivity contribution >= 4 is 40.5 Å². The zero-order valence-corrected chi connectivity index (χ0v) is 15.6. The third-order valence-electron chi connectivity index (χ3n) is 3.58. The molecule has 2 aromatic rings. The summed E-state index contributed by atoms with van der Waals surface area (Å²) in [5, 5.41) is 0.964. The average molecular weight is 389 g/mol. The number of carbonyl (C=O) groups excluding carboxylic acids is 1. The van der Waals surface area contributed by atoms with Gasteiger partial charge in [0, 0.05) is 10.6 Å². The van der Waals surface area contributed by atoms with Gasteiger partial charge in [0.05, 0.1) is 4.91 Å². The number of amidine groups is 1. The predicted octanol–water partition coefficient (Wildman–Crippen LogP) is 4.04. The number of carbonyl (C=O) groups is 1. The summed E-state index contributed by atoms with van der Waals surface area (Å²) in [6, 6.07) is 13.0. The van der Waals surface area contributed by atoms with E-state index in [2.05, 4.69) is 4.99 Å². The molecule has 0 radical (unpaired) electrons. The number of aliphatic imine (C=N–C) groups is 1. The number of thioether (sulfide) groups is 1. The van der Waals surface area contributed by atoms with Crippen LogP contribution in [0.1, 0.15) is 11.1 Å². The van der Waals surface area contributed by atoms with E-state index in [1.165, 1.54) is 0 Å². The van der Waals surface area contributed by atoms with E-state index in [-0.39, 0.29) is 11.1 Å². The van der Waals surface area contributed by atoms with Gasteiger partial charge >= 0.3 is 0 Å². The lowest BCUT2D eigenvalue weighted by Crippen LogP contribution is -2.09. The van der Waals surface area contributed by atoms with Gasteiger partial charge in [0.25, 0.3) is 5.91 Å². The molecule has 0 aliphatic carbocycles. The number of nitrogens with two attached hydrogens (primary N) is 1. The molecule has 7 heteroatoms. The summed E-state index contributed by atoms with van der Waals surface area (Å²) >= 11 is 7.15. The SMILES string of the molecule is Cc1cc(OCCOc2ccccc2C=C2SC(N)=NC2=O)ccc1Cl. The maximum Gasteiger partial charge on any atom is 0.286 e. The van der Waals surface area contributed by atoms with Crippen LogP contribution in [0.5, 0.6) is 11.5 Å². The highest BCUT2D eigenvalue weighted by Gasteiger charge is 2.20. The van der Waals surface area contributed by atoms with Crippen LogP contribution in [0.4, 0.5) is 0 Å². The van der Waals surface area contributed by atoms with Crippen molar-refractivity contribution in [2.75, 3.05) is 13.2 Å². The fraction of sp³-hybridized carbons (Fsp3) is 0.158. The highest BCUT2D eigenvalue weighted by atomic mass is 35.5. The minimum absolute atomic E-state index is 0.256. The molecule has 0 unspecified atom stereocenters. The molecule has 0 bridgehead atoms. The molecule has 0 fully saturated rings. The Morgan fingerprint density at radius 2 is 1.96 bits per heavy atom. The van der Waals surface area contributed by atoms with Gasteiger partial charge in [0.1, 0.15) is 24.7 Å². The number of amides is 1. The van der Waals surface area contributed by atoms with Crippen LogP contribution in [0, 0.1) is 6.92 Å². The van der Waals surface area contributed by atoms with Crippen LogP contribution in [-0.2, 0) is 4.79 Å². The second-order valence-corrected chi connectivity index (χ2v) is 6.98. The molecule has 0 saturated heterocycles. The molecule has 2 N–H and O–H groups in total. The third kappa shape index (κ3) is 4.59. The minimum Gasteiger partial charge on any atom is -0.490 e. The van der Waals surface area contributed by atoms with Crippen molar-refractivity contribution in [1.29, 1.82) is 0 Å². The van der Waals surface area contributed by atoms with Gasteiger partial charge in [-0.15, -0.1) is 0 Å². The maximum absolute atomic E-state index is 11.7. The van der Waals surface area contributed by atoms with E-state index in [0.717, 1.165) is 28.6 Å². The largest absolute Gasteiger partial charge is 0.490 e. The van der Waals surface area contributed by atoms with Gasteiger partial charge in [0.2, 0.25) is 0 Å². The highest BCUT2D eigenvalue weighted by molar-refractivity contribution is 8.18. The molecule has 1 aliphatic heterocycles. The molecular formula is C19H17ClN2O3S. The number of rotatable bonds is 6. The zero-order valence-electron chi connectivity index (χ0n) is 14.1. The van der Waals surface area contributed by atoms with Crippen LogP contribution >= 0.6 is 23.4 Å². The van der Waals surface area contributed by atoms with Crippen LogP contribution in [0.2, 0.25) is 5.02 Å². The van der Waals surface area contributed by atoms with Crippen molar-refractivity contribution in [3.05, 3.63) is 63.5 Å². The van der Waals surface area contributed by atoms with Crippen molar-refractivity contribution in [3.63, 3.8) is 0 Å². The third-order valence-corrected chi connectivity index (χ3v) is 4.82. The summed E-state index contributed by atoms with van der Waals surface area (Å²) in [6.45, 7) is 2.67. The Morgan fingerprint density at radius 3 is 2.69 bits per heavy atom. The summed E-state index contributed by atoms with van der Waals surface area (Å²) in [5.74, 6) is 1.07. The Balaban J connectivity index is 1.59. The summed E-state index contributed by atoms with van der Waals surface area (Å²) in [4.78, 5) is 15.9. The second kappa shape index (κ2) is 8.29. The lowest BCUT2D eigenvalue weighted by molar-refractivity contribution is -0.113. The van der Waals surface area contributed by atoms with E-state index >= 15 is 0 Å². The first-order valence-corrected chi connectivity index (χ1v) is 9.11. The number of halogens is 1. The van der Waals surface area contributed by atoms with Gasteiger partial charge in [-0.25, -0.2) is 0 Å². The van der Waals surface area contributed by atoms with Gasteiger partial charge in [-0.05, 0) is 54.6 Å². The van der Waals surface area contributed by atoms with Crippen LogP contribution in [0.3, 0.4) is 0 Å². The smallest absolute Gasteiger partial charge is 0.286 e.